The fourth-order valence-corrected chi connectivity index (χ4v) is 2.09. The van der Waals surface area contributed by atoms with Gasteiger partial charge in [-0.3, -0.25) is 9.69 Å². The SMILES string of the molecule is CN1CCCC(N2CC(O)C2)C1=O. The second kappa shape index (κ2) is 3.27. The topological polar surface area (TPSA) is 43.8 Å². The van der Waals surface area contributed by atoms with Crippen LogP contribution in [0.4, 0.5) is 0 Å². The number of hydrogen-bond donors (Lipinski definition) is 1. The lowest BCUT2D eigenvalue weighted by atomic mass is 9.99. The summed E-state index contributed by atoms with van der Waals surface area (Å²) >= 11 is 0. The maximum absolute atomic E-state index is 11.7. The van der Waals surface area contributed by atoms with Gasteiger partial charge in [0.1, 0.15) is 0 Å². The number of likely N-dealkylation sites (tertiary alicyclic amines) is 2. The molecular formula is C9H16N2O2. The Morgan fingerprint density at radius 3 is 2.77 bits per heavy atom. The van der Waals surface area contributed by atoms with Crippen molar-refractivity contribution in [2.75, 3.05) is 26.7 Å². The number of nitrogens with zero attached hydrogens (tertiary/aromatic N) is 2. The Morgan fingerprint density at radius 2 is 2.15 bits per heavy atom. The first kappa shape index (κ1) is 8.97. The summed E-state index contributed by atoms with van der Waals surface area (Å²) < 4.78 is 0. The number of β-amino-alcohol motifs (C(OH)–C–C–N with tert-alkyl or cyclic N) is 1. The van der Waals surface area contributed by atoms with Gasteiger partial charge < -0.3 is 10.0 Å². The van der Waals surface area contributed by atoms with Crippen LogP contribution in [0.1, 0.15) is 12.8 Å². The van der Waals surface area contributed by atoms with Gasteiger partial charge in [0.25, 0.3) is 0 Å². The Bertz CT molecular complexity index is 214. The molecule has 0 aromatic rings. The lowest BCUT2D eigenvalue weighted by Gasteiger charge is -2.44. The maximum atomic E-state index is 11.7. The third-order valence-electron chi connectivity index (χ3n) is 2.96. The van der Waals surface area contributed by atoms with Crippen molar-refractivity contribution in [3.63, 3.8) is 0 Å². The van der Waals surface area contributed by atoms with E-state index in [2.05, 4.69) is 4.90 Å². The monoisotopic (exact) mass is 184 g/mol. The predicted molar refractivity (Wildman–Crippen MR) is 48.2 cm³/mol. The lowest BCUT2D eigenvalue weighted by molar-refractivity contribution is -0.144. The van der Waals surface area contributed by atoms with E-state index >= 15 is 0 Å². The number of rotatable bonds is 1. The molecule has 0 aromatic heterocycles. The van der Waals surface area contributed by atoms with Gasteiger partial charge >= 0.3 is 0 Å². The van der Waals surface area contributed by atoms with E-state index < -0.39 is 0 Å². The zero-order valence-electron chi connectivity index (χ0n) is 7.94. The van der Waals surface area contributed by atoms with Crippen molar-refractivity contribution in [2.24, 2.45) is 0 Å². The van der Waals surface area contributed by atoms with Gasteiger partial charge in [-0.05, 0) is 12.8 Å². The molecule has 13 heavy (non-hydrogen) atoms. The van der Waals surface area contributed by atoms with Crippen molar-refractivity contribution in [3.05, 3.63) is 0 Å². The first-order valence-electron chi connectivity index (χ1n) is 4.85. The van der Waals surface area contributed by atoms with E-state index in [0.717, 1.165) is 19.4 Å². The second-order valence-corrected chi connectivity index (χ2v) is 4.03. The van der Waals surface area contributed by atoms with Gasteiger partial charge in [-0.25, -0.2) is 0 Å². The van der Waals surface area contributed by atoms with Crippen LogP contribution in [-0.2, 0) is 4.79 Å². The highest BCUT2D eigenvalue weighted by Crippen LogP contribution is 2.21. The standard InChI is InChI=1S/C9H16N2O2/c1-10-4-2-3-8(9(10)13)11-5-7(12)6-11/h7-8,12H,2-6H2,1H3. The zero-order valence-corrected chi connectivity index (χ0v) is 7.94. The van der Waals surface area contributed by atoms with Crippen molar-refractivity contribution in [3.8, 4) is 0 Å². The van der Waals surface area contributed by atoms with E-state index in [4.69, 9.17) is 5.11 Å². The number of hydrogen-bond acceptors (Lipinski definition) is 3. The Balaban J connectivity index is 1.94. The van der Waals surface area contributed by atoms with Crippen LogP contribution in [0.25, 0.3) is 0 Å². The van der Waals surface area contributed by atoms with Crippen molar-refractivity contribution in [1.29, 1.82) is 0 Å². The third-order valence-corrected chi connectivity index (χ3v) is 2.96. The molecule has 0 aliphatic carbocycles. The van der Waals surface area contributed by atoms with Gasteiger partial charge in [0.2, 0.25) is 5.91 Å². The van der Waals surface area contributed by atoms with Crippen molar-refractivity contribution in [2.45, 2.75) is 25.0 Å². The average Bonchev–Trinajstić information content (AvgIpc) is 2.05. The molecule has 1 N–H and O–H groups in total. The van der Waals surface area contributed by atoms with Gasteiger partial charge in [-0.15, -0.1) is 0 Å². The molecular weight excluding hydrogens is 168 g/mol. The summed E-state index contributed by atoms with van der Waals surface area (Å²) in [4.78, 5) is 15.5. The Hall–Kier alpha value is -0.610. The molecule has 2 saturated heterocycles. The smallest absolute Gasteiger partial charge is 0.239 e. The average molecular weight is 184 g/mol. The molecule has 1 atom stereocenters. The van der Waals surface area contributed by atoms with Crippen LogP contribution >= 0.6 is 0 Å². The van der Waals surface area contributed by atoms with Gasteiger partial charge in [-0.1, -0.05) is 0 Å². The van der Waals surface area contributed by atoms with E-state index in [1.807, 2.05) is 7.05 Å². The van der Waals surface area contributed by atoms with Crippen LogP contribution < -0.4 is 0 Å². The van der Waals surface area contributed by atoms with Crippen LogP contribution in [0.15, 0.2) is 0 Å². The van der Waals surface area contributed by atoms with Gasteiger partial charge in [0, 0.05) is 26.7 Å². The molecule has 0 radical (unpaired) electrons. The first-order valence-corrected chi connectivity index (χ1v) is 4.85. The highest BCUT2D eigenvalue weighted by Gasteiger charge is 2.37. The quantitative estimate of drug-likeness (QED) is 0.585. The first-order chi connectivity index (χ1) is 6.18. The normalized spacial score (nSPS) is 32.0. The predicted octanol–water partition coefficient (Wildman–Crippen LogP) is -0.716. The summed E-state index contributed by atoms with van der Waals surface area (Å²) in [6, 6.07) is 0.0437. The summed E-state index contributed by atoms with van der Waals surface area (Å²) in [6.45, 7) is 2.22. The van der Waals surface area contributed by atoms with Crippen molar-refractivity contribution in [1.82, 2.24) is 9.80 Å². The molecule has 4 nitrogen and oxygen atoms in total. The highest BCUT2D eigenvalue weighted by molar-refractivity contribution is 5.82. The summed E-state index contributed by atoms with van der Waals surface area (Å²) in [6.07, 6.45) is 1.83. The van der Waals surface area contributed by atoms with Crippen molar-refractivity contribution < 1.29 is 9.90 Å². The number of carbonyl (C=O) groups is 1. The molecule has 2 rings (SSSR count). The molecule has 2 aliphatic heterocycles. The largest absolute Gasteiger partial charge is 0.390 e. The molecule has 4 heteroatoms. The fourth-order valence-electron chi connectivity index (χ4n) is 2.09. The fraction of sp³-hybridized carbons (Fsp3) is 0.889. The number of aliphatic hydroxyl groups excluding tert-OH is 1. The van der Waals surface area contributed by atoms with Gasteiger partial charge in [0.15, 0.2) is 0 Å². The van der Waals surface area contributed by atoms with E-state index in [1.54, 1.807) is 4.90 Å². The Morgan fingerprint density at radius 1 is 1.46 bits per heavy atom. The molecule has 2 fully saturated rings. The lowest BCUT2D eigenvalue weighted by Crippen LogP contribution is -2.61. The molecule has 74 valence electrons. The second-order valence-electron chi connectivity index (χ2n) is 4.03. The minimum Gasteiger partial charge on any atom is -0.390 e. The minimum absolute atomic E-state index is 0.0437. The summed E-state index contributed by atoms with van der Waals surface area (Å²) in [5.74, 6) is 0.221. The molecule has 1 unspecified atom stereocenters. The highest BCUT2D eigenvalue weighted by atomic mass is 16.3. The molecule has 0 aromatic carbocycles. The van der Waals surface area contributed by atoms with Gasteiger partial charge in [-0.2, -0.15) is 0 Å². The van der Waals surface area contributed by atoms with Crippen LogP contribution in [-0.4, -0.2) is 59.6 Å². The molecule has 0 saturated carbocycles. The van der Waals surface area contributed by atoms with E-state index in [9.17, 15) is 4.79 Å². The zero-order chi connectivity index (χ0) is 9.42. The molecule has 1 amide bonds. The number of piperidine rings is 1. The number of aliphatic hydroxyl groups is 1. The van der Waals surface area contributed by atoms with Crippen LogP contribution in [0.3, 0.4) is 0 Å². The summed E-state index contributed by atoms with van der Waals surface area (Å²) in [5.41, 5.74) is 0. The maximum Gasteiger partial charge on any atom is 0.239 e. The third kappa shape index (κ3) is 1.56. The Labute approximate surface area is 78.1 Å². The Kier molecular flexibility index (Phi) is 2.26. The number of carbonyl (C=O) groups excluding carboxylic acids is 1. The van der Waals surface area contributed by atoms with Crippen LogP contribution in [0, 0.1) is 0 Å². The molecule has 2 aliphatic rings. The summed E-state index contributed by atoms with van der Waals surface area (Å²) in [5, 5.41) is 9.13. The van der Waals surface area contributed by atoms with Crippen LogP contribution in [0.5, 0.6) is 0 Å². The van der Waals surface area contributed by atoms with Crippen LogP contribution in [0.2, 0.25) is 0 Å². The van der Waals surface area contributed by atoms with Gasteiger partial charge in [0.05, 0.1) is 12.1 Å². The minimum atomic E-state index is -0.208. The summed E-state index contributed by atoms with van der Waals surface area (Å²) in [7, 11) is 1.85. The van der Waals surface area contributed by atoms with Crippen molar-refractivity contribution >= 4 is 5.91 Å². The van der Waals surface area contributed by atoms with E-state index in [0.29, 0.717) is 13.1 Å². The molecule has 0 bridgehead atoms. The molecule has 0 spiro atoms. The molecule has 2 heterocycles. The number of amides is 1. The number of likely N-dealkylation sites (N-methyl/N-ethyl adjacent to an activating group) is 1. The van der Waals surface area contributed by atoms with E-state index in [-0.39, 0.29) is 18.1 Å². The van der Waals surface area contributed by atoms with E-state index in [1.165, 1.54) is 0 Å².